The molecule has 0 atom stereocenters. The predicted octanol–water partition coefficient (Wildman–Crippen LogP) is 21.2. The predicted molar refractivity (Wildman–Crippen MR) is 349 cm³/mol. The van der Waals surface area contributed by atoms with Crippen molar-refractivity contribution in [2.24, 2.45) is 0 Å². The normalized spacial score (nSPS) is 12.7. The largest absolute Gasteiger partial charge is 0.309 e. The quantitative estimate of drug-likeness (QED) is 0.144. The van der Waals surface area contributed by atoms with E-state index in [1.54, 1.807) is 0 Å². The molecule has 83 heavy (non-hydrogen) atoms. The van der Waals surface area contributed by atoms with Crippen LogP contribution in [0.3, 0.4) is 0 Å². The fourth-order valence-corrected chi connectivity index (χ4v) is 14.1. The second-order valence-corrected chi connectivity index (χ2v) is 22.4. The molecule has 0 bridgehead atoms. The van der Waals surface area contributed by atoms with Crippen molar-refractivity contribution in [2.45, 2.75) is 5.41 Å². The number of fused-ring (bicyclic) bond motifs is 11. The SMILES string of the molecule is c1ccc(C2(c3ccccc3)c3cc(-c4ccc(-c5ccc6c(c5)c5ccccc5n6-c5ccc6ccccc6c5)cc4)ccc3-c3ccc(-c4ccc(-c5ccc6c(c5)c5ccccc5n6-c5ccc6ccccc6c5)cc4)cc32)cc1. The highest BCUT2D eigenvalue weighted by molar-refractivity contribution is 6.12. The lowest BCUT2D eigenvalue weighted by atomic mass is 9.67. The molecule has 0 radical (unpaired) electrons. The number of aromatic nitrogens is 2. The van der Waals surface area contributed by atoms with Crippen molar-refractivity contribution in [3.05, 3.63) is 338 Å². The molecule has 14 aromatic carbocycles. The molecule has 0 saturated heterocycles. The molecule has 2 heterocycles. The third-order valence-electron chi connectivity index (χ3n) is 18.0. The number of nitrogens with zero attached hydrogens (tertiary/aromatic N) is 2. The van der Waals surface area contributed by atoms with Crippen LogP contribution in [0.4, 0.5) is 0 Å². The van der Waals surface area contributed by atoms with E-state index in [1.807, 2.05) is 0 Å². The number of hydrogen-bond acceptors (Lipinski definition) is 0. The third kappa shape index (κ3) is 7.36. The highest BCUT2D eigenvalue weighted by Crippen LogP contribution is 2.57. The zero-order chi connectivity index (χ0) is 54.6. The molecule has 0 unspecified atom stereocenters. The molecule has 1 aliphatic rings. The number of hydrogen-bond donors (Lipinski definition) is 0. The maximum Gasteiger partial charge on any atom is 0.0713 e. The van der Waals surface area contributed by atoms with E-state index < -0.39 is 5.41 Å². The van der Waals surface area contributed by atoms with Crippen LogP contribution in [-0.2, 0) is 5.41 Å². The van der Waals surface area contributed by atoms with Gasteiger partial charge < -0.3 is 9.13 Å². The molecular weight excluding hydrogens is 1000 g/mol. The number of para-hydroxylation sites is 2. The molecule has 0 saturated carbocycles. The zero-order valence-corrected chi connectivity index (χ0v) is 45.4. The Kier molecular flexibility index (Phi) is 10.6. The Morgan fingerprint density at radius 1 is 0.205 bits per heavy atom. The molecule has 1 aliphatic carbocycles. The average molecular weight is 1050 g/mol. The van der Waals surface area contributed by atoms with Crippen molar-refractivity contribution < 1.29 is 0 Å². The standard InChI is InChI=1S/C81H52N2/c1-3-19-65(20-4-1)81(66-21-5-2-6-22-66)75-51-63(57-31-27-55(28-32-57)61-39-45-79-73(49-61)71-23-11-13-25-77(71)82(79)67-41-35-53-15-7-9-17-59(53)47-67)37-43-69(75)70-44-38-64(52-76(70)81)58-33-29-56(30-34-58)62-40-46-80-74(50-62)72-24-12-14-26-78(72)83(80)68-42-36-54-16-8-10-18-60(54)48-68/h1-52H. The minimum atomic E-state index is -0.567. The lowest BCUT2D eigenvalue weighted by molar-refractivity contribution is 0.769. The molecule has 0 aliphatic heterocycles. The summed E-state index contributed by atoms with van der Waals surface area (Å²) in [5.74, 6) is 0. The Balaban J connectivity index is 0.729. The van der Waals surface area contributed by atoms with Gasteiger partial charge in [0.05, 0.1) is 27.5 Å². The molecule has 0 N–H and O–H groups in total. The first-order valence-electron chi connectivity index (χ1n) is 28.8. The second kappa shape index (κ2) is 18.6. The molecule has 0 spiro atoms. The molecule has 386 valence electrons. The summed E-state index contributed by atoms with van der Waals surface area (Å²) in [5, 5.41) is 9.97. The van der Waals surface area contributed by atoms with Crippen LogP contribution in [0.1, 0.15) is 22.3 Å². The average Bonchev–Trinajstić information content (AvgIpc) is 3.69. The highest BCUT2D eigenvalue weighted by Gasteiger charge is 2.46. The van der Waals surface area contributed by atoms with Gasteiger partial charge in [0.2, 0.25) is 0 Å². The first-order chi connectivity index (χ1) is 41.1. The number of rotatable bonds is 8. The van der Waals surface area contributed by atoms with Crippen molar-refractivity contribution >= 4 is 65.2 Å². The van der Waals surface area contributed by atoms with Gasteiger partial charge in [-0.2, -0.15) is 0 Å². The highest BCUT2D eigenvalue weighted by atomic mass is 15.0. The summed E-state index contributed by atoms with van der Waals surface area (Å²) in [6.45, 7) is 0. The minimum absolute atomic E-state index is 0.567. The fourth-order valence-electron chi connectivity index (χ4n) is 14.1. The van der Waals surface area contributed by atoms with Gasteiger partial charge in [0.1, 0.15) is 0 Å². The van der Waals surface area contributed by atoms with Crippen LogP contribution in [-0.4, -0.2) is 9.13 Å². The second-order valence-electron chi connectivity index (χ2n) is 22.4. The van der Waals surface area contributed by atoms with Gasteiger partial charge in [-0.15, -0.1) is 0 Å². The van der Waals surface area contributed by atoms with Crippen molar-refractivity contribution in [2.75, 3.05) is 0 Å². The summed E-state index contributed by atoms with van der Waals surface area (Å²) in [6.07, 6.45) is 0. The van der Waals surface area contributed by atoms with Crippen LogP contribution in [0.5, 0.6) is 0 Å². The first kappa shape index (κ1) is 47.1. The van der Waals surface area contributed by atoms with Crippen LogP contribution in [0, 0.1) is 0 Å². The van der Waals surface area contributed by atoms with E-state index in [-0.39, 0.29) is 0 Å². The van der Waals surface area contributed by atoms with Crippen LogP contribution in [0.25, 0.3) is 132 Å². The monoisotopic (exact) mass is 1050 g/mol. The van der Waals surface area contributed by atoms with Crippen LogP contribution >= 0.6 is 0 Å². The molecule has 0 fully saturated rings. The Morgan fingerprint density at radius 3 is 0.952 bits per heavy atom. The zero-order valence-electron chi connectivity index (χ0n) is 45.4. The molecule has 2 aromatic heterocycles. The van der Waals surface area contributed by atoms with Crippen molar-refractivity contribution in [1.82, 2.24) is 9.13 Å². The summed E-state index contributed by atoms with van der Waals surface area (Å²) in [7, 11) is 0. The molecule has 2 heteroatoms. The molecule has 16 aromatic rings. The number of benzene rings is 14. The Labute approximate surface area is 481 Å². The Bertz CT molecular complexity index is 4900. The van der Waals surface area contributed by atoms with E-state index in [0.717, 1.165) is 0 Å². The first-order valence-corrected chi connectivity index (χ1v) is 28.8. The van der Waals surface area contributed by atoms with Gasteiger partial charge in [-0.05, 0) is 172 Å². The van der Waals surface area contributed by atoms with E-state index in [0.29, 0.717) is 0 Å². The summed E-state index contributed by atoms with van der Waals surface area (Å²) >= 11 is 0. The minimum Gasteiger partial charge on any atom is -0.309 e. The van der Waals surface area contributed by atoms with Gasteiger partial charge in [-0.1, -0.05) is 243 Å². The summed E-state index contributed by atoms with van der Waals surface area (Å²) in [4.78, 5) is 0. The van der Waals surface area contributed by atoms with Gasteiger partial charge in [-0.25, -0.2) is 0 Å². The summed E-state index contributed by atoms with van der Waals surface area (Å²) in [6, 6.07) is 117. The Hall–Kier alpha value is -10.8. The lowest BCUT2D eigenvalue weighted by Gasteiger charge is -2.34. The Morgan fingerprint density at radius 2 is 0.530 bits per heavy atom. The van der Waals surface area contributed by atoms with E-state index in [9.17, 15) is 0 Å². The van der Waals surface area contributed by atoms with Crippen molar-refractivity contribution in [3.63, 3.8) is 0 Å². The van der Waals surface area contributed by atoms with Gasteiger partial charge in [0, 0.05) is 32.9 Å². The van der Waals surface area contributed by atoms with Gasteiger partial charge in [-0.3, -0.25) is 0 Å². The summed E-state index contributed by atoms with van der Waals surface area (Å²) < 4.78 is 4.82. The van der Waals surface area contributed by atoms with E-state index in [2.05, 4.69) is 325 Å². The van der Waals surface area contributed by atoms with E-state index in [1.165, 1.54) is 154 Å². The van der Waals surface area contributed by atoms with Gasteiger partial charge in [0.25, 0.3) is 0 Å². The molecule has 2 nitrogen and oxygen atoms in total. The van der Waals surface area contributed by atoms with Gasteiger partial charge >= 0.3 is 0 Å². The van der Waals surface area contributed by atoms with Gasteiger partial charge in [0.15, 0.2) is 0 Å². The molecule has 17 rings (SSSR count). The maximum atomic E-state index is 2.47. The van der Waals surface area contributed by atoms with Crippen LogP contribution in [0.15, 0.2) is 315 Å². The lowest BCUT2D eigenvalue weighted by Crippen LogP contribution is -2.28. The van der Waals surface area contributed by atoms with Crippen molar-refractivity contribution in [3.8, 4) is 67.0 Å². The molecule has 0 amide bonds. The summed E-state index contributed by atoms with van der Waals surface area (Å²) in [5.41, 5.74) is 23.8. The fraction of sp³-hybridized carbons (Fsp3) is 0.0123. The topological polar surface area (TPSA) is 9.86 Å². The van der Waals surface area contributed by atoms with E-state index in [4.69, 9.17) is 0 Å². The smallest absolute Gasteiger partial charge is 0.0713 e. The third-order valence-corrected chi connectivity index (χ3v) is 18.0. The van der Waals surface area contributed by atoms with Crippen LogP contribution in [0.2, 0.25) is 0 Å². The van der Waals surface area contributed by atoms with Crippen LogP contribution < -0.4 is 0 Å². The molecular formula is C81H52N2. The maximum absolute atomic E-state index is 2.47. The van der Waals surface area contributed by atoms with E-state index >= 15 is 0 Å². The van der Waals surface area contributed by atoms with Crippen molar-refractivity contribution in [1.29, 1.82) is 0 Å².